The van der Waals surface area contributed by atoms with Crippen molar-refractivity contribution in [3.05, 3.63) is 29.8 Å². The molecule has 1 atom stereocenters. The summed E-state index contributed by atoms with van der Waals surface area (Å²) in [7, 11) is 0. The Morgan fingerprint density at radius 1 is 1.47 bits per heavy atom. The molecular formula is C11H13F2NO3. The van der Waals surface area contributed by atoms with Crippen molar-refractivity contribution in [3.8, 4) is 5.75 Å². The number of rotatable bonds is 5. The Kier molecular flexibility index (Phi) is 4.84. The zero-order valence-corrected chi connectivity index (χ0v) is 9.28. The first-order valence-corrected chi connectivity index (χ1v) is 5.07. The number of esters is 1. The van der Waals surface area contributed by atoms with Gasteiger partial charge in [-0.15, -0.1) is 0 Å². The van der Waals surface area contributed by atoms with Crippen LogP contribution in [0.3, 0.4) is 0 Å². The van der Waals surface area contributed by atoms with Gasteiger partial charge in [0.1, 0.15) is 0 Å². The van der Waals surface area contributed by atoms with Gasteiger partial charge >= 0.3 is 5.97 Å². The number of nitrogens with two attached hydrogens (primary N) is 1. The van der Waals surface area contributed by atoms with Gasteiger partial charge in [0, 0.05) is 6.54 Å². The summed E-state index contributed by atoms with van der Waals surface area (Å²) in [5.74, 6) is -3.29. The molecule has 0 aromatic heterocycles. The number of carbonyl (C=O) groups excluding carboxylic acids is 1. The van der Waals surface area contributed by atoms with E-state index in [0.717, 1.165) is 6.07 Å². The molecule has 0 spiro atoms. The van der Waals surface area contributed by atoms with E-state index in [2.05, 4.69) is 4.74 Å². The Morgan fingerprint density at radius 2 is 2.18 bits per heavy atom. The van der Waals surface area contributed by atoms with E-state index in [0.29, 0.717) is 0 Å². The third kappa shape index (κ3) is 3.39. The van der Waals surface area contributed by atoms with E-state index in [1.54, 1.807) is 6.92 Å². The smallest absolute Gasteiger partial charge is 0.348 e. The van der Waals surface area contributed by atoms with Crippen molar-refractivity contribution in [2.75, 3.05) is 13.2 Å². The van der Waals surface area contributed by atoms with Gasteiger partial charge in [-0.3, -0.25) is 0 Å². The van der Waals surface area contributed by atoms with Gasteiger partial charge in [0.05, 0.1) is 6.61 Å². The number of benzene rings is 1. The van der Waals surface area contributed by atoms with Crippen LogP contribution in [-0.2, 0) is 9.53 Å². The zero-order chi connectivity index (χ0) is 12.8. The first kappa shape index (κ1) is 13.4. The maximum absolute atomic E-state index is 13.3. The molecule has 94 valence electrons. The number of ether oxygens (including phenoxy) is 2. The number of halogens is 2. The number of hydrogen-bond acceptors (Lipinski definition) is 4. The second kappa shape index (κ2) is 6.15. The van der Waals surface area contributed by atoms with E-state index in [1.165, 1.54) is 12.1 Å². The van der Waals surface area contributed by atoms with Gasteiger partial charge in [-0.05, 0) is 19.1 Å². The van der Waals surface area contributed by atoms with Crippen LogP contribution in [-0.4, -0.2) is 25.2 Å². The Balaban J connectivity index is 2.80. The molecule has 0 bridgehead atoms. The van der Waals surface area contributed by atoms with Gasteiger partial charge < -0.3 is 15.2 Å². The molecule has 0 saturated heterocycles. The summed E-state index contributed by atoms with van der Waals surface area (Å²) in [4.78, 5) is 11.3. The van der Waals surface area contributed by atoms with Crippen LogP contribution in [0.25, 0.3) is 0 Å². The van der Waals surface area contributed by atoms with E-state index >= 15 is 0 Å². The predicted octanol–water partition coefficient (Wildman–Crippen LogP) is 1.23. The van der Waals surface area contributed by atoms with Gasteiger partial charge in [0.15, 0.2) is 11.6 Å². The minimum Gasteiger partial charge on any atom is -0.474 e. The minimum atomic E-state index is -1.16. The lowest BCUT2D eigenvalue weighted by Gasteiger charge is -2.16. The van der Waals surface area contributed by atoms with Crippen LogP contribution in [0.2, 0.25) is 0 Å². The lowest BCUT2D eigenvalue weighted by molar-refractivity contribution is -0.150. The van der Waals surface area contributed by atoms with Crippen molar-refractivity contribution in [1.29, 1.82) is 0 Å². The molecule has 0 aliphatic rings. The SMILES string of the molecule is CCOC(=O)C(CN)Oc1cccc(F)c1F. The highest BCUT2D eigenvalue weighted by Crippen LogP contribution is 2.20. The second-order valence-corrected chi connectivity index (χ2v) is 3.15. The van der Waals surface area contributed by atoms with Crippen molar-refractivity contribution in [2.45, 2.75) is 13.0 Å². The fourth-order valence-electron chi connectivity index (χ4n) is 1.16. The van der Waals surface area contributed by atoms with Crippen LogP contribution < -0.4 is 10.5 Å². The molecule has 4 nitrogen and oxygen atoms in total. The predicted molar refractivity (Wildman–Crippen MR) is 56.5 cm³/mol. The molecule has 1 aromatic carbocycles. The molecule has 0 radical (unpaired) electrons. The van der Waals surface area contributed by atoms with Crippen molar-refractivity contribution < 1.29 is 23.0 Å². The van der Waals surface area contributed by atoms with Gasteiger partial charge in [-0.25, -0.2) is 9.18 Å². The second-order valence-electron chi connectivity index (χ2n) is 3.15. The first-order chi connectivity index (χ1) is 8.10. The molecule has 1 aromatic rings. The van der Waals surface area contributed by atoms with Gasteiger partial charge in [0.2, 0.25) is 11.9 Å². The number of carbonyl (C=O) groups is 1. The molecule has 17 heavy (non-hydrogen) atoms. The monoisotopic (exact) mass is 245 g/mol. The van der Waals surface area contributed by atoms with Gasteiger partial charge in [-0.2, -0.15) is 4.39 Å². The van der Waals surface area contributed by atoms with Crippen LogP contribution in [0.15, 0.2) is 18.2 Å². The third-order valence-electron chi connectivity index (χ3n) is 1.95. The topological polar surface area (TPSA) is 61.5 Å². The Bertz CT molecular complexity index is 398. The highest BCUT2D eigenvalue weighted by atomic mass is 19.2. The van der Waals surface area contributed by atoms with Crippen LogP contribution in [0, 0.1) is 11.6 Å². The van der Waals surface area contributed by atoms with Crippen LogP contribution in [0.4, 0.5) is 8.78 Å². The molecule has 0 aliphatic carbocycles. The molecule has 2 N–H and O–H groups in total. The maximum Gasteiger partial charge on any atom is 0.348 e. The summed E-state index contributed by atoms with van der Waals surface area (Å²) in [6.45, 7) is 1.59. The highest BCUT2D eigenvalue weighted by molar-refractivity contribution is 5.75. The normalized spacial score (nSPS) is 12.0. The molecule has 6 heteroatoms. The van der Waals surface area contributed by atoms with E-state index in [4.69, 9.17) is 10.5 Å². The van der Waals surface area contributed by atoms with E-state index < -0.39 is 23.7 Å². The first-order valence-electron chi connectivity index (χ1n) is 5.07. The summed E-state index contributed by atoms with van der Waals surface area (Å²) >= 11 is 0. The van der Waals surface area contributed by atoms with Gasteiger partial charge in [0.25, 0.3) is 0 Å². The molecular weight excluding hydrogens is 232 g/mol. The van der Waals surface area contributed by atoms with E-state index in [1.807, 2.05) is 0 Å². The summed E-state index contributed by atoms with van der Waals surface area (Å²) < 4.78 is 35.8. The van der Waals surface area contributed by atoms with E-state index in [9.17, 15) is 13.6 Å². The Hall–Kier alpha value is -1.69. The molecule has 1 rings (SSSR count). The number of hydrogen-bond donors (Lipinski definition) is 1. The molecule has 0 amide bonds. The average Bonchev–Trinajstić information content (AvgIpc) is 2.31. The minimum absolute atomic E-state index is 0.157. The van der Waals surface area contributed by atoms with Crippen LogP contribution >= 0.6 is 0 Å². The Labute approximate surface area is 97.3 Å². The lowest BCUT2D eigenvalue weighted by Crippen LogP contribution is -2.36. The lowest BCUT2D eigenvalue weighted by atomic mass is 10.3. The fourth-order valence-corrected chi connectivity index (χ4v) is 1.16. The fraction of sp³-hybridized carbons (Fsp3) is 0.364. The van der Waals surface area contributed by atoms with Crippen molar-refractivity contribution in [3.63, 3.8) is 0 Å². The summed E-state index contributed by atoms with van der Waals surface area (Å²) in [5.41, 5.74) is 5.30. The summed E-state index contributed by atoms with van der Waals surface area (Å²) in [5, 5.41) is 0. The quantitative estimate of drug-likeness (QED) is 0.793. The zero-order valence-electron chi connectivity index (χ0n) is 9.28. The standard InChI is InChI=1S/C11H13F2NO3/c1-2-16-11(15)9(6-14)17-8-5-3-4-7(12)10(8)13/h3-5,9H,2,6,14H2,1H3. The largest absolute Gasteiger partial charge is 0.474 e. The maximum atomic E-state index is 13.3. The highest BCUT2D eigenvalue weighted by Gasteiger charge is 2.22. The molecule has 0 heterocycles. The Morgan fingerprint density at radius 3 is 2.76 bits per heavy atom. The van der Waals surface area contributed by atoms with Crippen molar-refractivity contribution in [2.24, 2.45) is 5.73 Å². The molecule has 1 unspecified atom stereocenters. The van der Waals surface area contributed by atoms with Crippen molar-refractivity contribution in [1.82, 2.24) is 0 Å². The average molecular weight is 245 g/mol. The van der Waals surface area contributed by atoms with Crippen LogP contribution in [0.5, 0.6) is 5.75 Å². The van der Waals surface area contributed by atoms with Crippen molar-refractivity contribution >= 4 is 5.97 Å². The molecule has 0 aliphatic heterocycles. The molecule has 0 saturated carbocycles. The van der Waals surface area contributed by atoms with Gasteiger partial charge in [-0.1, -0.05) is 6.07 Å². The molecule has 0 fully saturated rings. The van der Waals surface area contributed by atoms with E-state index in [-0.39, 0.29) is 18.9 Å². The third-order valence-corrected chi connectivity index (χ3v) is 1.95. The summed E-state index contributed by atoms with van der Waals surface area (Å²) in [6, 6.07) is 3.43. The van der Waals surface area contributed by atoms with Crippen LogP contribution in [0.1, 0.15) is 6.92 Å². The summed E-state index contributed by atoms with van der Waals surface area (Å²) in [6.07, 6.45) is -1.15.